The Morgan fingerprint density at radius 3 is 2.70 bits per heavy atom. The fourth-order valence-corrected chi connectivity index (χ4v) is 2.17. The van der Waals surface area contributed by atoms with E-state index < -0.39 is 6.10 Å². The quantitative estimate of drug-likeness (QED) is 0.892. The minimum Gasteiger partial charge on any atom is -0.481 e. The van der Waals surface area contributed by atoms with Gasteiger partial charge in [0.15, 0.2) is 0 Å². The number of aliphatic hydroxyl groups is 1. The Kier molecular flexibility index (Phi) is 5.17. The largest absolute Gasteiger partial charge is 0.481 e. The molecule has 20 heavy (non-hydrogen) atoms. The van der Waals surface area contributed by atoms with Crippen LogP contribution in [0.2, 0.25) is 5.02 Å². The van der Waals surface area contributed by atoms with Crippen molar-refractivity contribution in [2.75, 3.05) is 7.11 Å². The maximum atomic E-state index is 10.1. The molecule has 1 N–H and O–H groups in total. The normalized spacial score (nSPS) is 12.6. The topological polar surface area (TPSA) is 42.4 Å². The highest BCUT2D eigenvalue weighted by molar-refractivity contribution is 9.10. The molecule has 1 aromatic heterocycles. The summed E-state index contributed by atoms with van der Waals surface area (Å²) in [6, 6.07) is 8.93. The van der Waals surface area contributed by atoms with Crippen molar-refractivity contribution in [3.63, 3.8) is 0 Å². The predicted molar refractivity (Wildman–Crippen MR) is 83.9 cm³/mol. The Hall–Kier alpha value is -1.36. The summed E-state index contributed by atoms with van der Waals surface area (Å²) in [5.41, 5.74) is 1.56. The SMILES string of the molecule is COc1ncc(Br)cc1/C=C/C(O)c1ccc(Cl)cc1. The average molecular weight is 355 g/mol. The van der Waals surface area contributed by atoms with Crippen LogP contribution in [-0.4, -0.2) is 17.2 Å². The van der Waals surface area contributed by atoms with E-state index in [1.165, 1.54) is 0 Å². The molecule has 0 fully saturated rings. The number of hydrogen-bond acceptors (Lipinski definition) is 3. The summed E-state index contributed by atoms with van der Waals surface area (Å²) in [5.74, 6) is 0.507. The van der Waals surface area contributed by atoms with Crippen LogP contribution in [0.3, 0.4) is 0 Å². The number of hydrogen-bond donors (Lipinski definition) is 1. The van der Waals surface area contributed by atoms with E-state index in [2.05, 4.69) is 20.9 Å². The first-order valence-electron chi connectivity index (χ1n) is 5.91. The van der Waals surface area contributed by atoms with Crippen LogP contribution in [0.25, 0.3) is 6.08 Å². The molecule has 1 aromatic carbocycles. The van der Waals surface area contributed by atoms with Gasteiger partial charge in [-0.3, -0.25) is 0 Å². The summed E-state index contributed by atoms with van der Waals surface area (Å²) in [5, 5.41) is 10.7. The van der Waals surface area contributed by atoms with E-state index in [0.717, 1.165) is 15.6 Å². The first-order valence-corrected chi connectivity index (χ1v) is 7.08. The number of benzene rings is 1. The van der Waals surface area contributed by atoms with Crippen LogP contribution in [0, 0.1) is 0 Å². The second kappa shape index (κ2) is 6.88. The van der Waals surface area contributed by atoms with E-state index >= 15 is 0 Å². The smallest absolute Gasteiger partial charge is 0.220 e. The van der Waals surface area contributed by atoms with Crippen LogP contribution in [0.15, 0.2) is 47.1 Å². The summed E-state index contributed by atoms with van der Waals surface area (Å²) >= 11 is 9.17. The third kappa shape index (κ3) is 3.82. The van der Waals surface area contributed by atoms with Crippen molar-refractivity contribution in [1.29, 1.82) is 0 Å². The van der Waals surface area contributed by atoms with Gasteiger partial charge in [-0.15, -0.1) is 0 Å². The lowest BCUT2D eigenvalue weighted by atomic mass is 10.1. The van der Waals surface area contributed by atoms with Crippen LogP contribution in [0.1, 0.15) is 17.2 Å². The van der Waals surface area contributed by atoms with Crippen LogP contribution in [0.4, 0.5) is 0 Å². The summed E-state index contributed by atoms with van der Waals surface area (Å²) in [6.45, 7) is 0. The lowest BCUT2D eigenvalue weighted by Gasteiger charge is -2.07. The monoisotopic (exact) mass is 353 g/mol. The summed E-state index contributed by atoms with van der Waals surface area (Å²) in [7, 11) is 1.56. The zero-order valence-electron chi connectivity index (χ0n) is 10.8. The fraction of sp³-hybridized carbons (Fsp3) is 0.133. The third-order valence-electron chi connectivity index (χ3n) is 2.71. The highest BCUT2D eigenvalue weighted by Crippen LogP contribution is 2.23. The molecule has 0 spiro atoms. The van der Waals surface area contributed by atoms with E-state index in [9.17, 15) is 5.11 Å². The standard InChI is InChI=1S/C15H13BrClNO2/c1-20-15-11(8-12(16)9-18-15)4-7-14(19)10-2-5-13(17)6-3-10/h2-9,14,19H,1H3/b7-4+. The van der Waals surface area contributed by atoms with Crippen LogP contribution < -0.4 is 4.74 Å². The molecule has 0 bridgehead atoms. The molecule has 0 saturated carbocycles. The summed E-state index contributed by atoms with van der Waals surface area (Å²) in [4.78, 5) is 4.14. The van der Waals surface area contributed by atoms with Crippen molar-refractivity contribution in [1.82, 2.24) is 4.98 Å². The van der Waals surface area contributed by atoms with Crippen molar-refractivity contribution in [3.05, 3.63) is 63.2 Å². The number of methoxy groups -OCH3 is 1. The zero-order chi connectivity index (χ0) is 14.5. The molecule has 0 aliphatic carbocycles. The Bertz CT molecular complexity index is 614. The summed E-state index contributed by atoms with van der Waals surface area (Å²) in [6.07, 6.45) is 4.40. The van der Waals surface area contributed by atoms with Gasteiger partial charge in [0.1, 0.15) is 0 Å². The van der Waals surface area contributed by atoms with Crippen LogP contribution >= 0.6 is 27.5 Å². The number of ether oxygens (including phenoxy) is 1. The van der Waals surface area contributed by atoms with Gasteiger partial charge in [0.25, 0.3) is 0 Å². The minimum atomic E-state index is -0.712. The fourth-order valence-electron chi connectivity index (χ4n) is 1.70. The van der Waals surface area contributed by atoms with Crippen molar-refractivity contribution >= 4 is 33.6 Å². The van der Waals surface area contributed by atoms with Gasteiger partial charge in [-0.2, -0.15) is 0 Å². The number of aliphatic hydroxyl groups excluding tert-OH is 1. The lowest BCUT2D eigenvalue weighted by Crippen LogP contribution is -1.94. The molecule has 0 aliphatic heterocycles. The molecule has 0 radical (unpaired) electrons. The van der Waals surface area contributed by atoms with Gasteiger partial charge in [0, 0.05) is 21.3 Å². The van der Waals surface area contributed by atoms with E-state index in [1.807, 2.05) is 6.07 Å². The molecule has 3 nitrogen and oxygen atoms in total. The second-order valence-electron chi connectivity index (χ2n) is 4.11. The molecule has 1 unspecified atom stereocenters. The molecule has 1 heterocycles. The van der Waals surface area contributed by atoms with Crippen molar-refractivity contribution in [2.24, 2.45) is 0 Å². The maximum Gasteiger partial charge on any atom is 0.220 e. The van der Waals surface area contributed by atoms with Gasteiger partial charge in [-0.25, -0.2) is 4.98 Å². The average Bonchev–Trinajstić information content (AvgIpc) is 2.45. The molecule has 2 rings (SSSR count). The lowest BCUT2D eigenvalue weighted by molar-refractivity contribution is 0.229. The van der Waals surface area contributed by atoms with E-state index in [-0.39, 0.29) is 0 Å². The molecule has 0 aliphatic rings. The van der Waals surface area contributed by atoms with Gasteiger partial charge in [-0.1, -0.05) is 35.9 Å². The highest BCUT2D eigenvalue weighted by Gasteiger charge is 2.05. The number of pyridine rings is 1. The zero-order valence-corrected chi connectivity index (χ0v) is 13.1. The molecule has 0 saturated heterocycles. The summed E-state index contributed by atoms with van der Waals surface area (Å²) < 4.78 is 6.02. The van der Waals surface area contributed by atoms with Gasteiger partial charge < -0.3 is 9.84 Å². The van der Waals surface area contributed by atoms with Crippen molar-refractivity contribution < 1.29 is 9.84 Å². The highest BCUT2D eigenvalue weighted by atomic mass is 79.9. The van der Waals surface area contributed by atoms with E-state index in [4.69, 9.17) is 16.3 Å². The molecule has 104 valence electrons. The van der Waals surface area contributed by atoms with Gasteiger partial charge in [0.05, 0.1) is 13.2 Å². The van der Waals surface area contributed by atoms with Crippen molar-refractivity contribution in [3.8, 4) is 5.88 Å². The molecule has 1 atom stereocenters. The maximum absolute atomic E-state index is 10.1. The molecule has 5 heteroatoms. The van der Waals surface area contributed by atoms with Gasteiger partial charge >= 0.3 is 0 Å². The Morgan fingerprint density at radius 1 is 1.35 bits per heavy atom. The third-order valence-corrected chi connectivity index (χ3v) is 3.39. The molecule has 2 aromatic rings. The Morgan fingerprint density at radius 2 is 2.05 bits per heavy atom. The first-order chi connectivity index (χ1) is 9.60. The minimum absolute atomic E-state index is 0.507. The Labute approximate surface area is 131 Å². The number of halogens is 2. The Balaban J connectivity index is 2.20. The molecule has 0 amide bonds. The van der Waals surface area contributed by atoms with Gasteiger partial charge in [-0.05, 0) is 39.7 Å². The van der Waals surface area contributed by atoms with E-state index in [0.29, 0.717) is 10.9 Å². The van der Waals surface area contributed by atoms with Crippen LogP contribution in [-0.2, 0) is 0 Å². The molecular weight excluding hydrogens is 342 g/mol. The van der Waals surface area contributed by atoms with Crippen molar-refractivity contribution in [2.45, 2.75) is 6.10 Å². The predicted octanol–water partition coefficient (Wildman–Crippen LogP) is 4.25. The number of rotatable bonds is 4. The first kappa shape index (κ1) is 15.0. The van der Waals surface area contributed by atoms with E-state index in [1.54, 1.807) is 49.7 Å². The van der Waals surface area contributed by atoms with Crippen LogP contribution in [0.5, 0.6) is 5.88 Å². The number of nitrogens with zero attached hydrogens (tertiary/aromatic N) is 1. The second-order valence-corrected chi connectivity index (χ2v) is 5.46. The van der Waals surface area contributed by atoms with Gasteiger partial charge in [0.2, 0.25) is 5.88 Å². The number of aromatic nitrogens is 1. The molecular formula is C15H13BrClNO2.